The molecule has 2 rings (SSSR count). The molecule has 1 aliphatic heterocycles. The van der Waals surface area contributed by atoms with Crippen LogP contribution < -0.4 is 9.64 Å². The smallest absolute Gasteiger partial charge is 0.311 e. The highest BCUT2D eigenvalue weighted by Gasteiger charge is 2.26. The number of anilines is 1. The maximum atomic E-state index is 11.2. The topological polar surface area (TPSA) is 102 Å². The molecule has 0 radical (unpaired) electrons. The van der Waals surface area contributed by atoms with Gasteiger partial charge in [-0.15, -0.1) is 0 Å². The molecular formula is C17H27N3O6S. The third kappa shape index (κ3) is 6.33. The van der Waals surface area contributed by atoms with Crippen molar-refractivity contribution in [3.05, 3.63) is 28.3 Å². The average Bonchev–Trinajstić information content (AvgIpc) is 2.54. The predicted molar refractivity (Wildman–Crippen MR) is 103 cm³/mol. The number of nitro groups is 1. The molecule has 1 fully saturated rings. The summed E-state index contributed by atoms with van der Waals surface area (Å²) in [6, 6.07) is 5.01. The van der Waals surface area contributed by atoms with Gasteiger partial charge < -0.3 is 9.64 Å². The number of nitrogens with zero attached hydrogens (tertiary/aromatic N) is 3. The zero-order valence-electron chi connectivity index (χ0n) is 16.1. The lowest BCUT2D eigenvalue weighted by Crippen LogP contribution is -2.52. The number of benzene rings is 1. The molecule has 10 heteroatoms. The molecule has 1 atom stereocenters. The third-order valence-electron chi connectivity index (χ3n) is 4.39. The van der Waals surface area contributed by atoms with E-state index < -0.39 is 15.0 Å². The molecule has 0 unspecified atom stereocenters. The quantitative estimate of drug-likeness (QED) is 0.370. The summed E-state index contributed by atoms with van der Waals surface area (Å²) in [5.41, 5.74) is 0.790. The fourth-order valence-corrected chi connectivity index (χ4v) is 3.43. The van der Waals surface area contributed by atoms with Gasteiger partial charge in [0.25, 0.3) is 10.1 Å². The van der Waals surface area contributed by atoms with Gasteiger partial charge >= 0.3 is 5.69 Å². The highest BCUT2D eigenvalue weighted by atomic mass is 32.2. The van der Waals surface area contributed by atoms with Crippen LogP contribution in [0, 0.1) is 10.1 Å². The first-order valence-electron chi connectivity index (χ1n) is 8.81. The monoisotopic (exact) mass is 401 g/mol. The SMILES string of the molecule is CC(C)Oc1cc(N2CCN(C)[C@H](CCOS(C)(=O)=O)C2)ccc1[N+](=O)[O-]. The van der Waals surface area contributed by atoms with Crippen molar-refractivity contribution in [2.45, 2.75) is 32.4 Å². The van der Waals surface area contributed by atoms with E-state index in [2.05, 4.69) is 9.80 Å². The van der Waals surface area contributed by atoms with Crippen molar-refractivity contribution in [1.29, 1.82) is 0 Å². The first-order chi connectivity index (χ1) is 12.6. The highest BCUT2D eigenvalue weighted by Crippen LogP contribution is 2.33. The van der Waals surface area contributed by atoms with Crippen LogP contribution in [0.1, 0.15) is 20.3 Å². The Labute approximate surface area is 160 Å². The van der Waals surface area contributed by atoms with E-state index in [1.165, 1.54) is 6.07 Å². The Morgan fingerprint density at radius 3 is 2.63 bits per heavy atom. The minimum atomic E-state index is -3.45. The Hall–Kier alpha value is -1.91. The second-order valence-corrected chi connectivity index (χ2v) is 8.61. The second-order valence-electron chi connectivity index (χ2n) is 6.97. The normalized spacial score (nSPS) is 18.7. The maximum absolute atomic E-state index is 11.2. The number of likely N-dealkylation sites (N-methyl/N-ethyl adjacent to an activating group) is 1. The molecule has 0 aromatic heterocycles. The Morgan fingerprint density at radius 1 is 1.33 bits per heavy atom. The van der Waals surface area contributed by atoms with Crippen molar-refractivity contribution in [1.82, 2.24) is 4.90 Å². The number of rotatable bonds is 8. The van der Waals surface area contributed by atoms with Gasteiger partial charge in [0.2, 0.25) is 0 Å². The van der Waals surface area contributed by atoms with Crippen molar-refractivity contribution in [2.75, 3.05) is 44.4 Å². The van der Waals surface area contributed by atoms with E-state index in [4.69, 9.17) is 8.92 Å². The largest absolute Gasteiger partial charge is 0.484 e. The molecule has 1 aromatic carbocycles. The Morgan fingerprint density at radius 2 is 2.04 bits per heavy atom. The number of hydrogen-bond acceptors (Lipinski definition) is 8. The van der Waals surface area contributed by atoms with Crippen LogP contribution in [0.4, 0.5) is 11.4 Å². The molecule has 0 bridgehead atoms. The summed E-state index contributed by atoms with van der Waals surface area (Å²) in [5, 5.41) is 11.2. The lowest BCUT2D eigenvalue weighted by Gasteiger charge is -2.40. The first kappa shape index (κ1) is 21.4. The number of nitro benzene ring substituents is 1. The summed E-state index contributed by atoms with van der Waals surface area (Å²) >= 11 is 0. The maximum Gasteiger partial charge on any atom is 0.311 e. The van der Waals surface area contributed by atoms with Gasteiger partial charge in [-0.3, -0.25) is 19.2 Å². The molecule has 27 heavy (non-hydrogen) atoms. The summed E-state index contributed by atoms with van der Waals surface area (Å²) in [7, 11) is -1.46. The van der Waals surface area contributed by atoms with Crippen LogP contribution >= 0.6 is 0 Å². The van der Waals surface area contributed by atoms with E-state index >= 15 is 0 Å². The average molecular weight is 401 g/mol. The van der Waals surface area contributed by atoms with Gasteiger partial charge in [0.15, 0.2) is 5.75 Å². The Bertz CT molecular complexity index is 768. The van der Waals surface area contributed by atoms with E-state index in [0.717, 1.165) is 25.0 Å². The summed E-state index contributed by atoms with van der Waals surface area (Å²) in [6.45, 7) is 6.00. The fourth-order valence-electron chi connectivity index (χ4n) is 3.03. The zero-order chi connectivity index (χ0) is 20.2. The van der Waals surface area contributed by atoms with Crippen molar-refractivity contribution in [2.24, 2.45) is 0 Å². The van der Waals surface area contributed by atoms with Crippen LogP contribution in [0.3, 0.4) is 0 Å². The molecule has 0 N–H and O–H groups in total. The fraction of sp³-hybridized carbons (Fsp3) is 0.647. The van der Waals surface area contributed by atoms with E-state index in [-0.39, 0.29) is 30.2 Å². The standard InChI is InChI=1S/C17H27N3O6S/c1-13(2)26-17-11-14(5-6-16(17)20(21)22)19-9-8-18(3)15(12-19)7-10-25-27(4,23)24/h5-6,11,13,15H,7-10,12H2,1-4H3/t15-/m1/s1. The molecule has 1 saturated heterocycles. The molecule has 1 aromatic rings. The van der Waals surface area contributed by atoms with Crippen molar-refractivity contribution in [3.8, 4) is 5.75 Å². The summed E-state index contributed by atoms with van der Waals surface area (Å²) in [5.74, 6) is 0.253. The van der Waals surface area contributed by atoms with Crippen LogP contribution in [-0.2, 0) is 14.3 Å². The van der Waals surface area contributed by atoms with E-state index in [1.54, 1.807) is 12.1 Å². The van der Waals surface area contributed by atoms with Gasteiger partial charge in [0.05, 0.1) is 23.9 Å². The molecule has 152 valence electrons. The zero-order valence-corrected chi connectivity index (χ0v) is 16.9. The minimum absolute atomic E-state index is 0.0559. The molecule has 9 nitrogen and oxygen atoms in total. The van der Waals surface area contributed by atoms with Gasteiger partial charge in [-0.2, -0.15) is 8.42 Å². The summed E-state index contributed by atoms with van der Waals surface area (Å²) < 4.78 is 32.8. The molecule has 0 spiro atoms. The van der Waals surface area contributed by atoms with Crippen LogP contribution in [0.25, 0.3) is 0 Å². The van der Waals surface area contributed by atoms with Crippen molar-refractivity contribution >= 4 is 21.5 Å². The first-order valence-corrected chi connectivity index (χ1v) is 10.6. The van der Waals surface area contributed by atoms with E-state index in [9.17, 15) is 18.5 Å². The van der Waals surface area contributed by atoms with Gasteiger partial charge in [-0.25, -0.2) is 0 Å². The van der Waals surface area contributed by atoms with Crippen LogP contribution in [0.5, 0.6) is 5.75 Å². The Balaban J connectivity index is 2.13. The van der Waals surface area contributed by atoms with Gasteiger partial charge in [-0.05, 0) is 33.4 Å². The van der Waals surface area contributed by atoms with Gasteiger partial charge in [-0.1, -0.05) is 0 Å². The van der Waals surface area contributed by atoms with Crippen LogP contribution in [-0.4, -0.2) is 69.9 Å². The molecule has 0 saturated carbocycles. The van der Waals surface area contributed by atoms with Gasteiger partial charge in [0.1, 0.15) is 0 Å². The minimum Gasteiger partial charge on any atom is -0.484 e. The Kier molecular flexibility index (Phi) is 7.01. The van der Waals surface area contributed by atoms with Crippen molar-refractivity contribution in [3.63, 3.8) is 0 Å². The summed E-state index contributed by atoms with van der Waals surface area (Å²) in [4.78, 5) is 15.1. The molecule has 0 aliphatic carbocycles. The molecule has 1 aliphatic rings. The lowest BCUT2D eigenvalue weighted by molar-refractivity contribution is -0.386. The highest BCUT2D eigenvalue weighted by molar-refractivity contribution is 7.85. The van der Waals surface area contributed by atoms with E-state index in [0.29, 0.717) is 13.0 Å². The number of ether oxygens (including phenoxy) is 1. The third-order valence-corrected chi connectivity index (χ3v) is 4.99. The predicted octanol–water partition coefficient (Wildman–Crippen LogP) is 1.87. The number of piperazine rings is 1. The summed E-state index contributed by atoms with van der Waals surface area (Å²) in [6.07, 6.45) is 1.44. The van der Waals surface area contributed by atoms with Crippen LogP contribution in [0.15, 0.2) is 18.2 Å². The molecular weight excluding hydrogens is 374 g/mol. The molecule has 0 amide bonds. The lowest BCUT2D eigenvalue weighted by atomic mass is 10.1. The molecule has 1 heterocycles. The number of hydrogen-bond donors (Lipinski definition) is 0. The van der Waals surface area contributed by atoms with Crippen LogP contribution in [0.2, 0.25) is 0 Å². The van der Waals surface area contributed by atoms with Gasteiger partial charge in [0, 0.05) is 43.5 Å². The van der Waals surface area contributed by atoms with E-state index in [1.807, 2.05) is 20.9 Å². The van der Waals surface area contributed by atoms with Crippen molar-refractivity contribution < 1.29 is 22.3 Å². The second kappa shape index (κ2) is 8.85.